The van der Waals surface area contributed by atoms with Crippen LogP contribution in [0.4, 0.5) is 0 Å². The van der Waals surface area contributed by atoms with Crippen LogP contribution in [0.3, 0.4) is 0 Å². The van der Waals surface area contributed by atoms with E-state index in [1.807, 2.05) is 13.8 Å². The molecule has 1 aromatic rings. The lowest BCUT2D eigenvalue weighted by Gasteiger charge is -2.20. The van der Waals surface area contributed by atoms with Crippen molar-refractivity contribution in [2.75, 3.05) is 0 Å². The predicted molar refractivity (Wildman–Crippen MR) is 62.5 cm³/mol. The molecule has 1 unspecified atom stereocenters. The minimum Gasteiger partial charge on any atom is -0.481 e. The second kappa shape index (κ2) is 5.75. The fourth-order valence-corrected chi connectivity index (χ4v) is 1.75. The molecule has 0 radical (unpaired) electrons. The summed E-state index contributed by atoms with van der Waals surface area (Å²) in [6.45, 7) is 8.13. The van der Waals surface area contributed by atoms with Gasteiger partial charge >= 0.3 is 5.97 Å². The summed E-state index contributed by atoms with van der Waals surface area (Å²) >= 11 is 0. The predicted octanol–water partition coefficient (Wildman–Crippen LogP) is 1.54. The summed E-state index contributed by atoms with van der Waals surface area (Å²) in [6, 6.07) is -0.184. The average Bonchev–Trinajstić information content (AvgIpc) is 2.60. The van der Waals surface area contributed by atoms with Gasteiger partial charge in [-0.2, -0.15) is 0 Å². The summed E-state index contributed by atoms with van der Waals surface area (Å²) in [5.74, 6) is 0.563. The molecule has 1 heterocycles. The molecule has 6 heteroatoms. The van der Waals surface area contributed by atoms with Gasteiger partial charge in [-0.1, -0.05) is 27.7 Å². The summed E-state index contributed by atoms with van der Waals surface area (Å²) in [6.07, 6.45) is 0.809. The number of carbonyl (C=O) groups is 1. The van der Waals surface area contributed by atoms with Gasteiger partial charge in [0.05, 0.1) is 12.5 Å². The highest BCUT2D eigenvalue weighted by atomic mass is 16.4. The van der Waals surface area contributed by atoms with E-state index >= 15 is 0 Å². The van der Waals surface area contributed by atoms with Gasteiger partial charge in [-0.15, -0.1) is 5.10 Å². The number of hydrogen-bond donors (Lipinski definition) is 1. The molecule has 6 nitrogen and oxygen atoms in total. The molecule has 0 fully saturated rings. The van der Waals surface area contributed by atoms with Crippen LogP contribution in [0.5, 0.6) is 0 Å². The maximum atomic E-state index is 10.9. The van der Waals surface area contributed by atoms with E-state index in [0.29, 0.717) is 5.92 Å². The molecular weight excluding hydrogens is 220 g/mol. The molecule has 0 amide bonds. The second-order valence-corrected chi connectivity index (χ2v) is 5.05. The van der Waals surface area contributed by atoms with Crippen LogP contribution in [0.1, 0.15) is 46.0 Å². The first-order chi connectivity index (χ1) is 7.91. The molecule has 0 spiro atoms. The lowest BCUT2D eigenvalue weighted by Crippen LogP contribution is -2.23. The van der Waals surface area contributed by atoms with Crippen LogP contribution in [0.25, 0.3) is 0 Å². The number of hydrogen-bond acceptors (Lipinski definition) is 4. The van der Waals surface area contributed by atoms with Crippen molar-refractivity contribution in [3.8, 4) is 0 Å². The Bertz CT molecular complexity index is 373. The fourth-order valence-electron chi connectivity index (χ4n) is 1.75. The molecule has 1 rings (SSSR count). The Morgan fingerprint density at radius 1 is 1.35 bits per heavy atom. The number of aromatic nitrogens is 4. The lowest BCUT2D eigenvalue weighted by molar-refractivity contribution is -0.138. The van der Waals surface area contributed by atoms with Crippen molar-refractivity contribution in [1.82, 2.24) is 20.2 Å². The van der Waals surface area contributed by atoms with Gasteiger partial charge in [-0.3, -0.25) is 4.79 Å². The van der Waals surface area contributed by atoms with Crippen molar-refractivity contribution in [2.45, 2.75) is 46.6 Å². The van der Waals surface area contributed by atoms with E-state index in [4.69, 9.17) is 5.11 Å². The molecule has 0 aromatic carbocycles. The van der Waals surface area contributed by atoms with Gasteiger partial charge in [0, 0.05) is 6.42 Å². The zero-order valence-electron chi connectivity index (χ0n) is 10.8. The highest BCUT2D eigenvalue weighted by Crippen LogP contribution is 2.22. The smallest absolute Gasteiger partial charge is 0.305 e. The molecule has 0 saturated carbocycles. The Balaban J connectivity index is 2.93. The molecule has 0 bridgehead atoms. The van der Waals surface area contributed by atoms with Crippen LogP contribution in [0.2, 0.25) is 0 Å². The van der Waals surface area contributed by atoms with E-state index in [1.165, 1.54) is 0 Å². The van der Waals surface area contributed by atoms with Crippen LogP contribution >= 0.6 is 0 Å². The van der Waals surface area contributed by atoms with Crippen molar-refractivity contribution < 1.29 is 9.90 Å². The summed E-state index contributed by atoms with van der Waals surface area (Å²) in [5.41, 5.74) is 0. The molecule has 1 aromatic heterocycles. The Morgan fingerprint density at radius 3 is 2.47 bits per heavy atom. The molecule has 1 atom stereocenters. The SMILES string of the molecule is CC(C)Cc1nnnn1C(CC(=O)O)C(C)C. The van der Waals surface area contributed by atoms with Gasteiger partial charge < -0.3 is 5.11 Å². The van der Waals surface area contributed by atoms with E-state index in [9.17, 15) is 4.79 Å². The Kier molecular flexibility index (Phi) is 4.60. The normalized spacial score (nSPS) is 13.3. The number of tetrazole rings is 1. The average molecular weight is 240 g/mol. The van der Waals surface area contributed by atoms with E-state index in [-0.39, 0.29) is 18.4 Å². The van der Waals surface area contributed by atoms with Crippen LogP contribution in [-0.4, -0.2) is 31.3 Å². The Morgan fingerprint density at radius 2 is 2.00 bits per heavy atom. The van der Waals surface area contributed by atoms with Crippen molar-refractivity contribution >= 4 is 5.97 Å². The maximum absolute atomic E-state index is 10.9. The molecule has 0 aliphatic rings. The van der Waals surface area contributed by atoms with Crippen molar-refractivity contribution in [3.63, 3.8) is 0 Å². The molecular formula is C11H20N4O2. The summed E-state index contributed by atoms with van der Waals surface area (Å²) in [4.78, 5) is 10.9. The second-order valence-electron chi connectivity index (χ2n) is 5.05. The van der Waals surface area contributed by atoms with Gasteiger partial charge in [0.15, 0.2) is 5.82 Å². The lowest BCUT2D eigenvalue weighted by atomic mass is 10.0. The van der Waals surface area contributed by atoms with Crippen LogP contribution in [-0.2, 0) is 11.2 Å². The first-order valence-electron chi connectivity index (χ1n) is 5.90. The minimum atomic E-state index is -0.824. The summed E-state index contributed by atoms with van der Waals surface area (Å²) in [7, 11) is 0. The molecule has 0 saturated heterocycles. The monoisotopic (exact) mass is 240 g/mol. The third-order valence-corrected chi connectivity index (χ3v) is 2.62. The summed E-state index contributed by atoms with van der Waals surface area (Å²) in [5, 5.41) is 20.5. The molecule has 1 N–H and O–H groups in total. The Labute approximate surface area is 101 Å². The highest BCUT2D eigenvalue weighted by Gasteiger charge is 2.23. The number of carboxylic acid groups (broad SMARTS) is 1. The van der Waals surface area contributed by atoms with E-state index in [0.717, 1.165) is 12.2 Å². The Hall–Kier alpha value is -1.46. The van der Waals surface area contributed by atoms with E-state index in [2.05, 4.69) is 29.4 Å². The van der Waals surface area contributed by atoms with Gasteiger partial charge in [0.25, 0.3) is 0 Å². The number of nitrogens with zero attached hydrogens (tertiary/aromatic N) is 4. The zero-order chi connectivity index (χ0) is 13.0. The third kappa shape index (κ3) is 3.80. The fraction of sp³-hybridized carbons (Fsp3) is 0.818. The maximum Gasteiger partial charge on any atom is 0.305 e. The van der Waals surface area contributed by atoms with Crippen LogP contribution < -0.4 is 0 Å². The van der Waals surface area contributed by atoms with Gasteiger partial charge in [0.1, 0.15) is 0 Å². The van der Waals surface area contributed by atoms with Gasteiger partial charge in [-0.05, 0) is 22.3 Å². The van der Waals surface area contributed by atoms with Gasteiger partial charge in [0.2, 0.25) is 0 Å². The van der Waals surface area contributed by atoms with Crippen LogP contribution in [0.15, 0.2) is 0 Å². The van der Waals surface area contributed by atoms with Crippen molar-refractivity contribution in [3.05, 3.63) is 5.82 Å². The number of carboxylic acids is 1. The largest absolute Gasteiger partial charge is 0.481 e. The van der Waals surface area contributed by atoms with Crippen molar-refractivity contribution in [1.29, 1.82) is 0 Å². The van der Waals surface area contributed by atoms with Crippen molar-refractivity contribution in [2.24, 2.45) is 11.8 Å². The quantitative estimate of drug-likeness (QED) is 0.815. The zero-order valence-corrected chi connectivity index (χ0v) is 10.8. The van der Waals surface area contributed by atoms with Gasteiger partial charge in [-0.25, -0.2) is 4.68 Å². The van der Waals surface area contributed by atoms with E-state index < -0.39 is 5.97 Å². The summed E-state index contributed by atoms with van der Waals surface area (Å²) < 4.78 is 1.67. The standard InChI is InChI=1S/C11H20N4O2/c1-7(2)5-10-12-13-14-15(10)9(8(3)4)6-11(16)17/h7-9H,5-6H2,1-4H3,(H,16,17). The first-order valence-corrected chi connectivity index (χ1v) is 5.90. The highest BCUT2D eigenvalue weighted by molar-refractivity contribution is 5.67. The number of aliphatic carboxylic acids is 1. The third-order valence-electron chi connectivity index (χ3n) is 2.62. The molecule has 17 heavy (non-hydrogen) atoms. The number of rotatable bonds is 6. The minimum absolute atomic E-state index is 0.0494. The molecule has 0 aliphatic heterocycles. The van der Waals surface area contributed by atoms with E-state index in [1.54, 1.807) is 4.68 Å². The topological polar surface area (TPSA) is 80.9 Å². The molecule has 96 valence electrons. The van der Waals surface area contributed by atoms with Crippen LogP contribution in [0, 0.1) is 11.8 Å². The first kappa shape index (κ1) is 13.6. The molecule has 0 aliphatic carbocycles.